The van der Waals surface area contributed by atoms with Gasteiger partial charge in [0.15, 0.2) is 0 Å². The van der Waals surface area contributed by atoms with Crippen molar-refractivity contribution >= 4 is 46.2 Å². The molecule has 0 radical (unpaired) electrons. The number of rotatable bonds is 5. The second kappa shape index (κ2) is 7.89. The van der Waals surface area contributed by atoms with Gasteiger partial charge in [-0.05, 0) is 43.0 Å². The summed E-state index contributed by atoms with van der Waals surface area (Å²) < 4.78 is 0. The van der Waals surface area contributed by atoms with Gasteiger partial charge in [0.2, 0.25) is 5.91 Å². The molecule has 2 rings (SSSR count). The molecule has 2 N–H and O–H groups in total. The standard InChI is InChI=1S/C16H16ClN3O2S/c1-10(19-20-16(22)14-7-4-8-23-14)9-15(21)18-13-6-3-5-12(17)11(13)2/h3-8H,9H2,1-2H3,(H,18,21)(H,20,22)/b19-10-. The van der Waals surface area contributed by atoms with Crippen molar-refractivity contribution in [3.8, 4) is 0 Å². The van der Waals surface area contributed by atoms with Gasteiger partial charge in [-0.25, -0.2) is 5.43 Å². The number of hydrogen-bond acceptors (Lipinski definition) is 4. The first-order valence-corrected chi connectivity index (χ1v) is 8.15. The molecule has 0 aliphatic carbocycles. The molecule has 0 aliphatic rings. The molecule has 5 nitrogen and oxygen atoms in total. The number of benzene rings is 1. The number of thiophene rings is 1. The molecule has 1 heterocycles. The molecule has 7 heteroatoms. The van der Waals surface area contributed by atoms with Gasteiger partial charge < -0.3 is 5.32 Å². The van der Waals surface area contributed by atoms with Gasteiger partial charge >= 0.3 is 0 Å². The van der Waals surface area contributed by atoms with E-state index in [-0.39, 0.29) is 18.2 Å². The second-order valence-electron chi connectivity index (χ2n) is 4.90. The Bertz CT molecular complexity index is 742. The minimum absolute atomic E-state index is 0.0800. The van der Waals surface area contributed by atoms with Gasteiger partial charge in [-0.2, -0.15) is 5.10 Å². The zero-order valence-corrected chi connectivity index (χ0v) is 14.3. The lowest BCUT2D eigenvalue weighted by molar-refractivity contribution is -0.115. The summed E-state index contributed by atoms with van der Waals surface area (Å²) in [5, 5.41) is 9.13. The molecule has 1 aromatic carbocycles. The summed E-state index contributed by atoms with van der Waals surface area (Å²) in [6.45, 7) is 3.51. The summed E-state index contributed by atoms with van der Waals surface area (Å²) in [7, 11) is 0. The van der Waals surface area contributed by atoms with Crippen LogP contribution in [0.4, 0.5) is 5.69 Å². The lowest BCUT2D eigenvalue weighted by atomic mass is 10.2. The van der Waals surface area contributed by atoms with E-state index in [9.17, 15) is 9.59 Å². The van der Waals surface area contributed by atoms with Crippen molar-refractivity contribution in [3.05, 3.63) is 51.2 Å². The van der Waals surface area contributed by atoms with Gasteiger partial charge in [0.25, 0.3) is 5.91 Å². The lowest BCUT2D eigenvalue weighted by Crippen LogP contribution is -2.21. The van der Waals surface area contributed by atoms with E-state index in [2.05, 4.69) is 15.8 Å². The maximum atomic E-state index is 12.0. The predicted octanol–water partition coefficient (Wildman–Crippen LogP) is 3.84. The van der Waals surface area contributed by atoms with Crippen LogP contribution in [0.3, 0.4) is 0 Å². The van der Waals surface area contributed by atoms with Crippen LogP contribution in [0.25, 0.3) is 0 Å². The van der Waals surface area contributed by atoms with Crippen molar-refractivity contribution in [1.29, 1.82) is 0 Å². The van der Waals surface area contributed by atoms with Gasteiger partial charge in [0, 0.05) is 16.4 Å². The Morgan fingerprint density at radius 2 is 2.04 bits per heavy atom. The van der Waals surface area contributed by atoms with Crippen LogP contribution in [-0.2, 0) is 4.79 Å². The number of nitrogens with one attached hydrogen (secondary N) is 2. The number of halogens is 1. The van der Waals surface area contributed by atoms with Crippen LogP contribution in [-0.4, -0.2) is 17.5 Å². The van der Waals surface area contributed by atoms with E-state index in [0.29, 0.717) is 21.3 Å². The first kappa shape index (κ1) is 17.2. The number of hydrogen-bond donors (Lipinski definition) is 2. The normalized spacial score (nSPS) is 11.2. The van der Waals surface area contributed by atoms with Crippen LogP contribution in [0.2, 0.25) is 5.02 Å². The average Bonchev–Trinajstić information content (AvgIpc) is 3.04. The van der Waals surface area contributed by atoms with E-state index in [1.54, 1.807) is 37.3 Å². The third kappa shape index (κ3) is 4.91. The van der Waals surface area contributed by atoms with E-state index in [1.165, 1.54) is 11.3 Å². The number of carbonyl (C=O) groups excluding carboxylic acids is 2. The summed E-state index contributed by atoms with van der Waals surface area (Å²) in [6, 6.07) is 8.81. The maximum Gasteiger partial charge on any atom is 0.281 e. The Morgan fingerprint density at radius 1 is 1.26 bits per heavy atom. The third-order valence-electron chi connectivity index (χ3n) is 3.05. The highest BCUT2D eigenvalue weighted by atomic mass is 35.5. The zero-order valence-electron chi connectivity index (χ0n) is 12.7. The van der Waals surface area contributed by atoms with Crippen molar-refractivity contribution in [2.45, 2.75) is 20.3 Å². The van der Waals surface area contributed by atoms with Crippen LogP contribution >= 0.6 is 22.9 Å². The van der Waals surface area contributed by atoms with Gasteiger partial charge in [-0.1, -0.05) is 23.7 Å². The summed E-state index contributed by atoms with van der Waals surface area (Å²) in [6.07, 6.45) is 0.0800. The van der Waals surface area contributed by atoms with Crippen LogP contribution in [0.15, 0.2) is 40.8 Å². The van der Waals surface area contributed by atoms with E-state index in [1.807, 2.05) is 12.3 Å². The molecular weight excluding hydrogens is 334 g/mol. The van der Waals surface area contributed by atoms with Crippen molar-refractivity contribution in [2.75, 3.05) is 5.32 Å². The molecule has 0 bridgehead atoms. The average molecular weight is 350 g/mol. The molecular formula is C16H16ClN3O2S. The van der Waals surface area contributed by atoms with Crippen LogP contribution in [0.5, 0.6) is 0 Å². The highest BCUT2D eigenvalue weighted by Gasteiger charge is 2.09. The minimum atomic E-state index is -0.287. The van der Waals surface area contributed by atoms with Gasteiger partial charge in [-0.3, -0.25) is 9.59 Å². The number of amides is 2. The monoisotopic (exact) mass is 349 g/mol. The van der Waals surface area contributed by atoms with Crippen molar-refractivity contribution in [2.24, 2.45) is 5.10 Å². The third-order valence-corrected chi connectivity index (χ3v) is 4.33. The molecule has 1 aromatic heterocycles. The summed E-state index contributed by atoms with van der Waals surface area (Å²) in [5.74, 6) is -0.507. The fraction of sp³-hybridized carbons (Fsp3) is 0.188. The van der Waals surface area contributed by atoms with E-state index in [0.717, 1.165) is 5.56 Å². The molecule has 2 aromatic rings. The largest absolute Gasteiger partial charge is 0.325 e. The molecule has 0 spiro atoms. The first-order valence-electron chi connectivity index (χ1n) is 6.89. The summed E-state index contributed by atoms with van der Waals surface area (Å²) in [5.41, 5.74) is 4.41. The van der Waals surface area contributed by atoms with Crippen LogP contribution in [0.1, 0.15) is 28.6 Å². The second-order valence-corrected chi connectivity index (χ2v) is 6.26. The smallest absolute Gasteiger partial charge is 0.281 e. The van der Waals surface area contributed by atoms with Gasteiger partial charge in [0.05, 0.1) is 11.3 Å². The Kier molecular flexibility index (Phi) is 5.90. The summed E-state index contributed by atoms with van der Waals surface area (Å²) in [4.78, 5) is 24.3. The number of anilines is 1. The molecule has 0 unspecified atom stereocenters. The molecule has 0 saturated carbocycles. The minimum Gasteiger partial charge on any atom is -0.325 e. The Balaban J connectivity index is 1.90. The summed E-state index contributed by atoms with van der Waals surface area (Å²) >= 11 is 7.34. The highest BCUT2D eigenvalue weighted by molar-refractivity contribution is 7.12. The van der Waals surface area contributed by atoms with Crippen LogP contribution in [0, 0.1) is 6.92 Å². The molecule has 120 valence electrons. The van der Waals surface area contributed by atoms with E-state index in [4.69, 9.17) is 11.6 Å². The molecule has 23 heavy (non-hydrogen) atoms. The lowest BCUT2D eigenvalue weighted by Gasteiger charge is -2.09. The van der Waals surface area contributed by atoms with Gasteiger partial charge in [0.1, 0.15) is 0 Å². The van der Waals surface area contributed by atoms with Crippen molar-refractivity contribution < 1.29 is 9.59 Å². The van der Waals surface area contributed by atoms with Crippen molar-refractivity contribution in [3.63, 3.8) is 0 Å². The van der Waals surface area contributed by atoms with Crippen LogP contribution < -0.4 is 10.7 Å². The highest BCUT2D eigenvalue weighted by Crippen LogP contribution is 2.22. The SMILES string of the molecule is C/C(CC(=O)Nc1cccc(Cl)c1C)=N/NC(=O)c1cccs1. The molecule has 0 fully saturated rings. The first-order chi connectivity index (χ1) is 11.0. The fourth-order valence-corrected chi connectivity index (χ4v) is 2.61. The molecule has 0 aliphatic heterocycles. The quantitative estimate of drug-likeness (QED) is 0.636. The molecule has 0 saturated heterocycles. The van der Waals surface area contributed by atoms with Crippen molar-refractivity contribution in [1.82, 2.24) is 5.43 Å². The zero-order chi connectivity index (χ0) is 16.8. The predicted molar refractivity (Wildman–Crippen MR) is 94.3 cm³/mol. The fourth-order valence-electron chi connectivity index (χ4n) is 1.82. The maximum absolute atomic E-state index is 12.0. The Labute approximate surface area is 143 Å². The number of carbonyl (C=O) groups is 2. The van der Waals surface area contributed by atoms with Gasteiger partial charge in [-0.15, -0.1) is 11.3 Å². The number of nitrogens with zero attached hydrogens (tertiary/aromatic N) is 1. The van der Waals surface area contributed by atoms with E-state index < -0.39 is 0 Å². The molecule has 0 atom stereocenters. The Hall–Kier alpha value is -2.18. The van der Waals surface area contributed by atoms with E-state index >= 15 is 0 Å². The number of hydrazone groups is 1. The Morgan fingerprint density at radius 3 is 2.74 bits per heavy atom. The topological polar surface area (TPSA) is 70.6 Å². The molecule has 2 amide bonds.